The maximum absolute atomic E-state index is 12.0. The maximum Gasteiger partial charge on any atom is 0.224 e. The van der Waals surface area contributed by atoms with Gasteiger partial charge in [-0.15, -0.1) is 23.1 Å². The summed E-state index contributed by atoms with van der Waals surface area (Å²) in [4.78, 5) is 13.8. The first-order chi connectivity index (χ1) is 8.75. The first-order valence-corrected chi connectivity index (χ1v) is 7.89. The summed E-state index contributed by atoms with van der Waals surface area (Å²) in [7, 11) is 0. The van der Waals surface area contributed by atoms with E-state index in [-0.39, 0.29) is 11.9 Å². The number of carbonyl (C=O) groups is 1. The highest BCUT2D eigenvalue weighted by molar-refractivity contribution is 8.01. The summed E-state index contributed by atoms with van der Waals surface area (Å²) < 4.78 is 6.48. The molecule has 100 valence electrons. The second-order valence-electron chi connectivity index (χ2n) is 4.20. The number of carbonyl (C=O) groups excluding carboxylic acids is 1. The van der Waals surface area contributed by atoms with Crippen molar-refractivity contribution in [3.8, 4) is 0 Å². The highest BCUT2D eigenvalue weighted by Crippen LogP contribution is 2.24. The lowest BCUT2D eigenvalue weighted by molar-refractivity contribution is -0.135. The van der Waals surface area contributed by atoms with Crippen molar-refractivity contribution in [2.24, 2.45) is 5.73 Å². The molecule has 4 nitrogen and oxygen atoms in total. The minimum absolute atomic E-state index is 0.0764. The smallest absolute Gasteiger partial charge is 0.224 e. The number of thiophene rings is 1. The number of hydrogen-bond acceptors (Lipinski definition) is 5. The SMILES string of the molecule is N[C@@H](CSc1cccs1)CC(=O)N1CCOCC1. The summed E-state index contributed by atoms with van der Waals surface area (Å²) in [5, 5.41) is 2.05. The molecule has 0 bridgehead atoms. The molecular formula is C12H18N2O2S2. The van der Waals surface area contributed by atoms with Crippen LogP contribution in [0.25, 0.3) is 0 Å². The average Bonchev–Trinajstić information content (AvgIpc) is 2.90. The Labute approximate surface area is 115 Å². The lowest BCUT2D eigenvalue weighted by Crippen LogP contribution is -2.43. The fourth-order valence-corrected chi connectivity index (χ4v) is 3.52. The monoisotopic (exact) mass is 286 g/mol. The van der Waals surface area contributed by atoms with E-state index in [4.69, 9.17) is 10.5 Å². The Balaban J connectivity index is 1.69. The second-order valence-corrected chi connectivity index (χ2v) is 6.47. The molecule has 2 heterocycles. The van der Waals surface area contributed by atoms with Crippen LogP contribution in [0.1, 0.15) is 6.42 Å². The van der Waals surface area contributed by atoms with Crippen LogP contribution in [-0.4, -0.2) is 48.9 Å². The first-order valence-electron chi connectivity index (χ1n) is 6.03. The van der Waals surface area contributed by atoms with Gasteiger partial charge in [-0.2, -0.15) is 0 Å². The first kappa shape index (κ1) is 13.9. The molecular weight excluding hydrogens is 268 g/mol. The zero-order chi connectivity index (χ0) is 12.8. The summed E-state index contributed by atoms with van der Waals surface area (Å²) in [5.74, 6) is 0.939. The number of ether oxygens (including phenoxy) is 1. The van der Waals surface area contributed by atoms with E-state index >= 15 is 0 Å². The molecule has 1 aromatic rings. The number of nitrogens with two attached hydrogens (primary N) is 1. The van der Waals surface area contributed by atoms with Crippen LogP contribution in [-0.2, 0) is 9.53 Å². The van der Waals surface area contributed by atoms with Gasteiger partial charge in [0.2, 0.25) is 5.91 Å². The molecule has 0 spiro atoms. The fourth-order valence-electron chi connectivity index (χ4n) is 1.76. The summed E-state index contributed by atoms with van der Waals surface area (Å²) in [5.41, 5.74) is 6.00. The summed E-state index contributed by atoms with van der Waals surface area (Å²) in [6.07, 6.45) is 0.429. The molecule has 1 aliphatic rings. The van der Waals surface area contributed by atoms with Crippen LogP contribution in [0.15, 0.2) is 21.7 Å². The van der Waals surface area contributed by atoms with Gasteiger partial charge in [-0.05, 0) is 11.4 Å². The molecule has 0 aliphatic carbocycles. The van der Waals surface area contributed by atoms with E-state index in [0.717, 1.165) is 5.75 Å². The van der Waals surface area contributed by atoms with Gasteiger partial charge in [0.15, 0.2) is 0 Å². The highest BCUT2D eigenvalue weighted by atomic mass is 32.2. The second kappa shape index (κ2) is 7.13. The molecule has 1 fully saturated rings. The van der Waals surface area contributed by atoms with Gasteiger partial charge < -0.3 is 15.4 Å². The molecule has 1 saturated heterocycles. The Kier molecular flexibility index (Phi) is 5.49. The van der Waals surface area contributed by atoms with Crippen molar-refractivity contribution in [2.45, 2.75) is 16.7 Å². The number of nitrogens with zero attached hydrogens (tertiary/aromatic N) is 1. The molecule has 1 amide bonds. The summed E-state index contributed by atoms with van der Waals surface area (Å²) in [6.45, 7) is 2.68. The normalized spacial score (nSPS) is 17.7. The van der Waals surface area contributed by atoms with Crippen molar-refractivity contribution in [1.29, 1.82) is 0 Å². The molecule has 0 saturated carbocycles. The van der Waals surface area contributed by atoms with Crippen molar-refractivity contribution in [3.05, 3.63) is 17.5 Å². The predicted octanol–water partition coefficient (Wildman–Crippen LogP) is 1.42. The van der Waals surface area contributed by atoms with E-state index in [1.54, 1.807) is 23.1 Å². The number of morpholine rings is 1. The van der Waals surface area contributed by atoms with E-state index in [0.29, 0.717) is 32.7 Å². The van der Waals surface area contributed by atoms with E-state index < -0.39 is 0 Å². The molecule has 2 N–H and O–H groups in total. The molecule has 2 rings (SSSR count). The van der Waals surface area contributed by atoms with Gasteiger partial charge in [0, 0.05) is 31.3 Å². The van der Waals surface area contributed by atoms with Gasteiger partial charge >= 0.3 is 0 Å². The van der Waals surface area contributed by atoms with Crippen LogP contribution in [0.4, 0.5) is 0 Å². The Morgan fingerprint density at radius 3 is 3.00 bits per heavy atom. The van der Waals surface area contributed by atoms with Crippen LogP contribution in [0.2, 0.25) is 0 Å². The summed E-state index contributed by atoms with van der Waals surface area (Å²) >= 11 is 3.43. The van der Waals surface area contributed by atoms with Crippen LogP contribution in [0.3, 0.4) is 0 Å². The van der Waals surface area contributed by atoms with Gasteiger partial charge in [-0.25, -0.2) is 0 Å². The molecule has 1 atom stereocenters. The molecule has 1 aliphatic heterocycles. The fraction of sp³-hybridized carbons (Fsp3) is 0.583. The zero-order valence-electron chi connectivity index (χ0n) is 10.2. The number of amides is 1. The third-order valence-electron chi connectivity index (χ3n) is 2.74. The van der Waals surface area contributed by atoms with Crippen molar-refractivity contribution in [2.75, 3.05) is 32.1 Å². The van der Waals surface area contributed by atoms with Gasteiger partial charge in [0.1, 0.15) is 0 Å². The van der Waals surface area contributed by atoms with Crippen molar-refractivity contribution >= 4 is 29.0 Å². The molecule has 1 aromatic heterocycles. The van der Waals surface area contributed by atoms with E-state index in [1.165, 1.54) is 4.21 Å². The minimum Gasteiger partial charge on any atom is -0.378 e. The third-order valence-corrected chi connectivity index (χ3v) is 5.05. The Hall–Kier alpha value is -0.560. The highest BCUT2D eigenvalue weighted by Gasteiger charge is 2.19. The lowest BCUT2D eigenvalue weighted by atomic mass is 10.2. The van der Waals surface area contributed by atoms with Crippen LogP contribution in [0, 0.1) is 0 Å². The van der Waals surface area contributed by atoms with Gasteiger partial charge in [-0.1, -0.05) is 6.07 Å². The van der Waals surface area contributed by atoms with Crippen molar-refractivity contribution in [1.82, 2.24) is 4.90 Å². The molecule has 0 aromatic carbocycles. The average molecular weight is 286 g/mol. The third kappa shape index (κ3) is 4.28. The molecule has 18 heavy (non-hydrogen) atoms. The van der Waals surface area contributed by atoms with Gasteiger partial charge in [0.05, 0.1) is 17.4 Å². The maximum atomic E-state index is 12.0. The molecule has 0 radical (unpaired) electrons. The molecule has 0 unspecified atom stereocenters. The van der Waals surface area contributed by atoms with E-state index in [1.807, 2.05) is 16.3 Å². The van der Waals surface area contributed by atoms with Crippen molar-refractivity contribution < 1.29 is 9.53 Å². The quantitative estimate of drug-likeness (QED) is 0.832. The largest absolute Gasteiger partial charge is 0.378 e. The number of rotatable bonds is 5. The van der Waals surface area contributed by atoms with E-state index in [9.17, 15) is 4.79 Å². The summed E-state index contributed by atoms with van der Waals surface area (Å²) in [6, 6.07) is 4.02. The lowest BCUT2D eigenvalue weighted by Gasteiger charge is -2.27. The van der Waals surface area contributed by atoms with E-state index in [2.05, 4.69) is 6.07 Å². The topological polar surface area (TPSA) is 55.6 Å². The number of hydrogen-bond donors (Lipinski definition) is 1. The van der Waals surface area contributed by atoms with Gasteiger partial charge in [-0.3, -0.25) is 4.79 Å². The number of thioether (sulfide) groups is 1. The Morgan fingerprint density at radius 2 is 2.33 bits per heavy atom. The Morgan fingerprint density at radius 1 is 1.56 bits per heavy atom. The van der Waals surface area contributed by atoms with Crippen molar-refractivity contribution in [3.63, 3.8) is 0 Å². The minimum atomic E-state index is -0.0764. The zero-order valence-corrected chi connectivity index (χ0v) is 11.8. The van der Waals surface area contributed by atoms with Crippen LogP contribution >= 0.6 is 23.1 Å². The predicted molar refractivity (Wildman–Crippen MR) is 75.0 cm³/mol. The Bertz CT molecular complexity index is 364. The van der Waals surface area contributed by atoms with Gasteiger partial charge in [0.25, 0.3) is 0 Å². The standard InChI is InChI=1S/C12H18N2O2S2/c13-10(9-18-12-2-1-7-17-12)8-11(15)14-3-5-16-6-4-14/h1-2,7,10H,3-6,8-9,13H2/t10-/m1/s1. The van der Waals surface area contributed by atoms with Crippen LogP contribution in [0.5, 0.6) is 0 Å². The van der Waals surface area contributed by atoms with Crippen LogP contribution < -0.4 is 5.73 Å². The molecule has 6 heteroatoms.